The molecule has 1 aromatic heterocycles. The van der Waals surface area contributed by atoms with Crippen molar-refractivity contribution in [3.05, 3.63) is 89.6 Å². The summed E-state index contributed by atoms with van der Waals surface area (Å²) in [4.78, 5) is 16.3. The van der Waals surface area contributed by atoms with E-state index in [2.05, 4.69) is 10.3 Å². The minimum atomic E-state index is -4.44. The summed E-state index contributed by atoms with van der Waals surface area (Å²) in [5.41, 5.74) is 0.974. The second kappa shape index (κ2) is 9.67. The van der Waals surface area contributed by atoms with Crippen molar-refractivity contribution in [2.75, 3.05) is 12.9 Å². The van der Waals surface area contributed by atoms with Crippen LogP contribution in [0.3, 0.4) is 0 Å². The minimum Gasteiger partial charge on any atom is -0.497 e. The lowest BCUT2D eigenvalue weighted by Crippen LogP contribution is -2.30. The second-order valence-corrected chi connectivity index (χ2v) is 7.35. The first kappa shape index (κ1) is 21.7. The average Bonchev–Trinajstić information content (AvgIpc) is 2.76. The highest BCUT2D eigenvalue weighted by Gasteiger charge is 2.30. The summed E-state index contributed by atoms with van der Waals surface area (Å²) in [5, 5.41) is 3.33. The number of nitrogens with zero attached hydrogens (tertiary/aromatic N) is 1. The van der Waals surface area contributed by atoms with E-state index < -0.39 is 11.7 Å². The van der Waals surface area contributed by atoms with E-state index in [9.17, 15) is 18.0 Å². The number of benzene rings is 2. The van der Waals surface area contributed by atoms with Crippen LogP contribution in [0.15, 0.2) is 78.0 Å². The van der Waals surface area contributed by atoms with E-state index in [0.717, 1.165) is 35.2 Å². The van der Waals surface area contributed by atoms with E-state index in [-0.39, 0.29) is 17.7 Å². The molecule has 3 rings (SSSR count). The zero-order valence-electron chi connectivity index (χ0n) is 16.0. The third-order valence-corrected chi connectivity index (χ3v) is 5.25. The molecule has 0 aliphatic heterocycles. The highest BCUT2D eigenvalue weighted by molar-refractivity contribution is 7.99. The number of thioether (sulfide) groups is 1. The van der Waals surface area contributed by atoms with Crippen LogP contribution >= 0.6 is 11.8 Å². The maximum atomic E-state index is 12.6. The second-order valence-electron chi connectivity index (χ2n) is 6.36. The zero-order chi connectivity index (χ0) is 21.6. The van der Waals surface area contributed by atoms with Gasteiger partial charge in [0, 0.05) is 6.20 Å². The quantitative estimate of drug-likeness (QED) is 0.528. The molecule has 1 amide bonds. The van der Waals surface area contributed by atoms with Crippen LogP contribution in [0.4, 0.5) is 13.2 Å². The summed E-state index contributed by atoms with van der Waals surface area (Å²) < 4.78 is 43.1. The van der Waals surface area contributed by atoms with Crippen molar-refractivity contribution in [2.24, 2.45) is 0 Å². The monoisotopic (exact) mass is 432 g/mol. The van der Waals surface area contributed by atoms with Crippen LogP contribution in [0, 0.1) is 0 Å². The normalized spacial score (nSPS) is 12.3. The lowest BCUT2D eigenvalue weighted by atomic mass is 9.98. The summed E-state index contributed by atoms with van der Waals surface area (Å²) in [6, 6.07) is 18.7. The number of pyridine rings is 1. The maximum Gasteiger partial charge on any atom is 0.417 e. The van der Waals surface area contributed by atoms with Gasteiger partial charge in [0.25, 0.3) is 0 Å². The smallest absolute Gasteiger partial charge is 0.417 e. The third-order valence-electron chi connectivity index (χ3n) is 4.30. The molecular formula is C22H19F3N2O2S. The van der Waals surface area contributed by atoms with Gasteiger partial charge in [-0.25, -0.2) is 4.98 Å². The van der Waals surface area contributed by atoms with Gasteiger partial charge in [-0.15, -0.1) is 0 Å². The fourth-order valence-corrected chi connectivity index (χ4v) is 3.43. The third kappa shape index (κ3) is 5.76. The van der Waals surface area contributed by atoms with E-state index in [1.54, 1.807) is 7.11 Å². The van der Waals surface area contributed by atoms with Crippen molar-refractivity contribution in [3.63, 3.8) is 0 Å². The van der Waals surface area contributed by atoms with Crippen molar-refractivity contribution < 1.29 is 22.7 Å². The van der Waals surface area contributed by atoms with E-state index in [0.29, 0.717) is 10.8 Å². The molecule has 0 spiro atoms. The fourth-order valence-electron chi connectivity index (χ4n) is 2.78. The topological polar surface area (TPSA) is 51.2 Å². The zero-order valence-corrected chi connectivity index (χ0v) is 16.8. The van der Waals surface area contributed by atoms with Crippen LogP contribution < -0.4 is 10.1 Å². The summed E-state index contributed by atoms with van der Waals surface area (Å²) in [7, 11) is 1.58. The van der Waals surface area contributed by atoms with Crippen LogP contribution in [0.2, 0.25) is 0 Å². The van der Waals surface area contributed by atoms with E-state index >= 15 is 0 Å². The van der Waals surface area contributed by atoms with Gasteiger partial charge in [0.05, 0.1) is 29.5 Å². The molecule has 3 aromatic rings. The molecule has 2 aromatic carbocycles. The van der Waals surface area contributed by atoms with Gasteiger partial charge in [0.2, 0.25) is 5.91 Å². The van der Waals surface area contributed by atoms with Crippen molar-refractivity contribution in [3.8, 4) is 5.75 Å². The number of aromatic nitrogens is 1. The van der Waals surface area contributed by atoms with Gasteiger partial charge in [-0.3, -0.25) is 4.79 Å². The maximum absolute atomic E-state index is 12.6. The molecule has 0 fully saturated rings. The van der Waals surface area contributed by atoms with Gasteiger partial charge in [-0.2, -0.15) is 13.2 Å². The standard InChI is InChI=1S/C22H19F3N2O2S/c1-29-18-10-7-16(8-11-18)21(15-5-3-2-4-6-15)27-19(28)14-30-20-12-9-17(13-26-20)22(23,24)25/h2-13,21H,14H2,1H3,(H,27,28)/t21-/m0/s1. The largest absolute Gasteiger partial charge is 0.497 e. The first-order valence-corrected chi connectivity index (χ1v) is 9.99. The van der Waals surface area contributed by atoms with Crippen molar-refractivity contribution in [1.29, 1.82) is 0 Å². The summed E-state index contributed by atoms with van der Waals surface area (Å²) in [6.45, 7) is 0. The minimum absolute atomic E-state index is 0.0256. The summed E-state index contributed by atoms with van der Waals surface area (Å²) in [6.07, 6.45) is -3.67. The van der Waals surface area contributed by atoms with Crippen molar-refractivity contribution >= 4 is 17.7 Å². The van der Waals surface area contributed by atoms with Crippen LogP contribution in [0.5, 0.6) is 5.75 Å². The number of carbonyl (C=O) groups is 1. The van der Waals surface area contributed by atoms with E-state index in [1.807, 2.05) is 54.6 Å². The van der Waals surface area contributed by atoms with Gasteiger partial charge < -0.3 is 10.1 Å². The molecule has 0 radical (unpaired) electrons. The van der Waals surface area contributed by atoms with Gasteiger partial charge in [0.1, 0.15) is 5.75 Å². The molecule has 1 heterocycles. The predicted molar refractivity (Wildman–Crippen MR) is 109 cm³/mol. The molecule has 1 N–H and O–H groups in total. The molecule has 0 aliphatic rings. The first-order valence-electron chi connectivity index (χ1n) is 9.01. The molecule has 0 saturated carbocycles. The number of alkyl halides is 3. The predicted octanol–water partition coefficient (Wildman–Crippen LogP) is 5.11. The number of hydrogen-bond donors (Lipinski definition) is 1. The number of nitrogens with one attached hydrogen (secondary N) is 1. The van der Waals surface area contributed by atoms with Gasteiger partial charge in [-0.1, -0.05) is 54.2 Å². The fraction of sp³-hybridized carbons (Fsp3) is 0.182. The number of halogens is 3. The van der Waals surface area contributed by atoms with E-state index in [1.165, 1.54) is 6.07 Å². The van der Waals surface area contributed by atoms with Crippen LogP contribution in [0.1, 0.15) is 22.7 Å². The van der Waals surface area contributed by atoms with Crippen molar-refractivity contribution in [1.82, 2.24) is 10.3 Å². The van der Waals surface area contributed by atoms with Gasteiger partial charge in [0.15, 0.2) is 0 Å². The Morgan fingerprint density at radius 3 is 2.27 bits per heavy atom. The Labute approximate surface area is 176 Å². The lowest BCUT2D eigenvalue weighted by Gasteiger charge is -2.20. The number of carbonyl (C=O) groups excluding carboxylic acids is 1. The Bertz CT molecular complexity index is 962. The molecule has 156 valence electrons. The Kier molecular flexibility index (Phi) is 6.99. The average molecular weight is 432 g/mol. The number of amides is 1. The summed E-state index contributed by atoms with van der Waals surface area (Å²) >= 11 is 1.08. The van der Waals surface area contributed by atoms with Crippen LogP contribution in [0.25, 0.3) is 0 Å². The number of hydrogen-bond acceptors (Lipinski definition) is 4. The van der Waals surface area contributed by atoms with Gasteiger partial charge >= 0.3 is 6.18 Å². The molecule has 0 unspecified atom stereocenters. The Morgan fingerprint density at radius 2 is 1.70 bits per heavy atom. The van der Waals surface area contributed by atoms with Gasteiger partial charge in [-0.05, 0) is 35.4 Å². The number of rotatable bonds is 7. The highest BCUT2D eigenvalue weighted by Crippen LogP contribution is 2.30. The SMILES string of the molecule is COc1ccc([C@@H](NC(=O)CSc2ccc(C(F)(F)F)cn2)c2ccccc2)cc1. The Balaban J connectivity index is 1.69. The van der Waals surface area contributed by atoms with Crippen molar-refractivity contribution in [2.45, 2.75) is 17.2 Å². The molecule has 0 bridgehead atoms. The van der Waals surface area contributed by atoms with Crippen LogP contribution in [-0.4, -0.2) is 23.8 Å². The molecular weight excluding hydrogens is 413 g/mol. The van der Waals surface area contributed by atoms with E-state index in [4.69, 9.17) is 4.74 Å². The molecule has 4 nitrogen and oxygen atoms in total. The Hall–Kier alpha value is -3.00. The number of ether oxygens (including phenoxy) is 1. The lowest BCUT2D eigenvalue weighted by molar-refractivity contribution is -0.137. The molecule has 0 saturated heterocycles. The molecule has 8 heteroatoms. The first-order chi connectivity index (χ1) is 14.4. The molecule has 1 atom stereocenters. The highest BCUT2D eigenvalue weighted by atomic mass is 32.2. The number of methoxy groups -OCH3 is 1. The molecule has 30 heavy (non-hydrogen) atoms. The Morgan fingerprint density at radius 1 is 1.03 bits per heavy atom. The molecule has 0 aliphatic carbocycles. The summed E-state index contributed by atoms with van der Waals surface area (Å²) in [5.74, 6) is 0.477. The van der Waals surface area contributed by atoms with Crippen LogP contribution in [-0.2, 0) is 11.0 Å².